The van der Waals surface area contributed by atoms with E-state index >= 15 is 0 Å². The van der Waals surface area contributed by atoms with E-state index < -0.39 is 72.7 Å². The maximum Gasteiger partial charge on any atom is 0.294 e. The van der Waals surface area contributed by atoms with Crippen LogP contribution in [0.4, 0.5) is 11.9 Å². The van der Waals surface area contributed by atoms with Crippen LogP contribution in [0.15, 0.2) is 50.4 Å². The van der Waals surface area contributed by atoms with Crippen LogP contribution in [0.2, 0.25) is 0 Å². The average molecular weight is 697 g/mol. The highest BCUT2D eigenvalue weighted by Crippen LogP contribution is 2.45. The Bertz CT molecular complexity index is 2230. The molecule has 5 aromatic rings. The fourth-order valence-corrected chi connectivity index (χ4v) is 6.18. The number of aliphatic hydroxyl groups is 6. The number of benzene rings is 1. The van der Waals surface area contributed by atoms with E-state index in [0.29, 0.717) is 12.0 Å². The highest BCUT2D eigenvalue weighted by atomic mass is 16.6. The fraction of sp³-hybridized carbons (Fsp3) is 0.429. The first kappa shape index (κ1) is 33.3. The Hall–Kier alpha value is -5.20. The van der Waals surface area contributed by atoms with Gasteiger partial charge in [-0.15, -0.1) is 10.2 Å². The largest absolute Gasteiger partial charge is 0.394 e. The number of hydrogen-bond donors (Lipinski definition) is 10. The lowest BCUT2D eigenvalue weighted by Gasteiger charge is -2.33. The number of fused-ring (bicyclic) bond motifs is 2. The van der Waals surface area contributed by atoms with Crippen molar-refractivity contribution >= 4 is 34.2 Å². The van der Waals surface area contributed by atoms with Gasteiger partial charge in [-0.3, -0.25) is 28.7 Å². The van der Waals surface area contributed by atoms with Crippen molar-refractivity contribution in [1.82, 2.24) is 39.0 Å². The second-order valence-corrected chi connectivity index (χ2v) is 11.7. The Balaban J connectivity index is 1.54. The van der Waals surface area contributed by atoms with Crippen LogP contribution in [-0.4, -0.2) is 120 Å². The van der Waals surface area contributed by atoms with E-state index in [4.69, 9.17) is 20.9 Å². The van der Waals surface area contributed by atoms with Crippen LogP contribution in [0.5, 0.6) is 0 Å². The van der Waals surface area contributed by atoms with E-state index in [9.17, 15) is 40.2 Å². The minimum absolute atomic E-state index is 0.0840. The van der Waals surface area contributed by atoms with Crippen molar-refractivity contribution in [3.8, 4) is 11.4 Å². The molecular weight excluding hydrogens is 664 g/mol. The number of H-pyrrole nitrogens is 2. The van der Waals surface area contributed by atoms with Gasteiger partial charge < -0.3 is 51.6 Å². The van der Waals surface area contributed by atoms with Gasteiger partial charge in [0.1, 0.15) is 36.6 Å². The molecule has 264 valence electrons. The summed E-state index contributed by atoms with van der Waals surface area (Å²) in [6.07, 6.45) is -9.19. The zero-order valence-corrected chi connectivity index (χ0v) is 26.0. The number of aromatic amines is 2. The molecule has 7 rings (SSSR count). The molecule has 6 heterocycles. The van der Waals surface area contributed by atoms with Gasteiger partial charge in [-0.2, -0.15) is 9.97 Å². The predicted molar refractivity (Wildman–Crippen MR) is 169 cm³/mol. The van der Waals surface area contributed by atoms with E-state index in [2.05, 4.69) is 40.1 Å². The molecule has 0 spiro atoms. The molecule has 4 aromatic heterocycles. The highest BCUT2D eigenvalue weighted by Gasteiger charge is 2.61. The molecule has 2 saturated heterocycles. The van der Waals surface area contributed by atoms with Crippen LogP contribution in [0.1, 0.15) is 12.5 Å². The van der Waals surface area contributed by atoms with Crippen LogP contribution in [0.25, 0.3) is 33.7 Å². The highest BCUT2D eigenvalue weighted by molar-refractivity contribution is 5.78. The third-order valence-electron chi connectivity index (χ3n) is 8.77. The zero-order valence-electron chi connectivity index (χ0n) is 26.0. The number of aromatic nitrogens is 8. The van der Waals surface area contributed by atoms with E-state index in [-0.39, 0.29) is 40.0 Å². The monoisotopic (exact) mass is 696 g/mol. The molecule has 50 heavy (non-hydrogen) atoms. The maximum atomic E-state index is 13.1. The van der Waals surface area contributed by atoms with Crippen molar-refractivity contribution < 1.29 is 40.1 Å². The molecule has 0 unspecified atom stereocenters. The third-order valence-corrected chi connectivity index (χ3v) is 8.77. The summed E-state index contributed by atoms with van der Waals surface area (Å²) >= 11 is 0. The molecule has 0 radical (unpaired) electrons. The Morgan fingerprint density at radius 1 is 0.820 bits per heavy atom. The van der Waals surface area contributed by atoms with Gasteiger partial charge >= 0.3 is 0 Å². The molecule has 22 nitrogen and oxygen atoms in total. The molecule has 22 heteroatoms. The number of imidazole rings is 2. The van der Waals surface area contributed by atoms with Gasteiger partial charge in [0, 0.05) is 5.56 Å². The van der Waals surface area contributed by atoms with Crippen molar-refractivity contribution in [3.63, 3.8) is 0 Å². The van der Waals surface area contributed by atoms with Crippen molar-refractivity contribution in [2.75, 3.05) is 24.7 Å². The van der Waals surface area contributed by atoms with Crippen LogP contribution >= 0.6 is 0 Å². The molecule has 2 fully saturated rings. The lowest BCUT2D eigenvalue weighted by molar-refractivity contribution is -0.170. The van der Waals surface area contributed by atoms with Crippen molar-refractivity contribution in [3.05, 3.63) is 56.9 Å². The number of aliphatic hydroxyl groups excluding tert-OH is 6. The van der Waals surface area contributed by atoms with Crippen LogP contribution in [0.3, 0.4) is 0 Å². The molecule has 0 saturated carbocycles. The Morgan fingerprint density at radius 2 is 1.36 bits per heavy atom. The lowest BCUT2D eigenvalue weighted by atomic mass is 10.1. The summed E-state index contributed by atoms with van der Waals surface area (Å²) in [7, 11) is 0. The van der Waals surface area contributed by atoms with Gasteiger partial charge in [0.25, 0.3) is 22.8 Å². The smallest absolute Gasteiger partial charge is 0.294 e. The van der Waals surface area contributed by atoms with Crippen molar-refractivity contribution in [1.29, 1.82) is 0 Å². The van der Waals surface area contributed by atoms with Crippen molar-refractivity contribution in [2.24, 2.45) is 10.2 Å². The molecule has 2 aliphatic rings. The van der Waals surface area contributed by atoms with Gasteiger partial charge in [-0.1, -0.05) is 31.2 Å². The number of nitrogens with one attached hydrogen (secondary N) is 2. The number of nitrogens with zero attached hydrogens (tertiary/aromatic N) is 8. The summed E-state index contributed by atoms with van der Waals surface area (Å²) in [5.74, 6) is -6.10. The van der Waals surface area contributed by atoms with E-state index in [1.165, 1.54) is 0 Å². The van der Waals surface area contributed by atoms with Crippen LogP contribution in [0, 0.1) is 0 Å². The molecule has 0 amide bonds. The van der Waals surface area contributed by atoms with E-state index in [0.717, 1.165) is 21.0 Å². The van der Waals surface area contributed by atoms with E-state index in [1.807, 2.05) is 6.92 Å². The molecule has 12 N–H and O–H groups in total. The summed E-state index contributed by atoms with van der Waals surface area (Å²) in [6, 6.07) is 6.91. The van der Waals surface area contributed by atoms with Gasteiger partial charge in [0.2, 0.25) is 11.9 Å². The number of nitrogen functional groups attached to an aromatic ring is 2. The first-order valence-electron chi connectivity index (χ1n) is 15.2. The first-order chi connectivity index (χ1) is 23.9. The second-order valence-electron chi connectivity index (χ2n) is 11.7. The Labute approximate surface area is 278 Å². The molecule has 8 atom stereocenters. The number of rotatable bonds is 8. The second kappa shape index (κ2) is 12.0. The Kier molecular flexibility index (Phi) is 7.99. The van der Waals surface area contributed by atoms with Gasteiger partial charge in [-0.25, -0.2) is 9.97 Å². The molecule has 2 aliphatic heterocycles. The predicted octanol–water partition coefficient (Wildman–Crippen LogP) is -3.45. The summed E-state index contributed by atoms with van der Waals surface area (Å²) < 4.78 is 14.0. The first-order valence-corrected chi connectivity index (χ1v) is 15.2. The Morgan fingerprint density at radius 3 is 1.94 bits per heavy atom. The standard InChI is InChI=1S/C28H32N12O10/c1-2-10-3-5-11(6-4-10)20-32-15-22(34-26(30)36-24(15)48)40(20)28(19(46)17(44)13(8-42)50-28)38-37-27(18(45)16(43)12(7-41)49-27)39-9-31-14-21(39)33-25(29)35-23(14)47/h3-6,9,12-13,16-19,41-46H,2,7-8H2,1H3,(H3,29,33,35,47)(H3,30,34,36,48)/t12-,13-,16-,17-,18-,19-,27+,28+/m1/s1. The fourth-order valence-electron chi connectivity index (χ4n) is 6.18. The third kappa shape index (κ3) is 4.80. The summed E-state index contributed by atoms with van der Waals surface area (Å²) in [5.41, 5.74) is 10.3. The summed E-state index contributed by atoms with van der Waals surface area (Å²) in [4.78, 5) is 47.2. The van der Waals surface area contributed by atoms with E-state index in [1.54, 1.807) is 24.3 Å². The normalized spacial score (nSPS) is 30.0. The molecule has 0 aliphatic carbocycles. The number of aryl methyl sites for hydroxylation is 1. The molecule has 1 aromatic carbocycles. The number of anilines is 2. The summed E-state index contributed by atoms with van der Waals surface area (Å²) in [5, 5.41) is 74.0. The topological polar surface area (TPSA) is 344 Å². The van der Waals surface area contributed by atoms with Crippen LogP contribution in [-0.2, 0) is 27.6 Å². The average Bonchev–Trinajstić information content (AvgIpc) is 3.83. The maximum absolute atomic E-state index is 13.1. The minimum Gasteiger partial charge on any atom is -0.394 e. The van der Waals surface area contributed by atoms with Gasteiger partial charge in [0.15, 0.2) is 34.5 Å². The number of hydrogen-bond acceptors (Lipinski definition) is 18. The number of azo groups is 1. The van der Waals surface area contributed by atoms with Gasteiger partial charge in [0.05, 0.1) is 13.2 Å². The van der Waals surface area contributed by atoms with Crippen molar-refractivity contribution in [2.45, 2.75) is 61.7 Å². The van der Waals surface area contributed by atoms with Gasteiger partial charge in [-0.05, 0) is 12.0 Å². The molecular formula is C28H32N12O10. The van der Waals surface area contributed by atoms with Crippen LogP contribution < -0.4 is 22.6 Å². The SMILES string of the molecule is CCc1ccc(-c2nc3c(=O)[nH]c(N)nc3n2[C@]2(N=N[C@@]3(n4cnc5c(=O)[nH]c(N)nc54)O[C@H](CO)[C@@H](O)[C@H]3O)O[C@H](CO)[C@@H](O)[C@H]2O)cc1. The molecule has 0 bridgehead atoms. The number of ether oxygens (including phenoxy) is 2. The lowest BCUT2D eigenvalue weighted by Crippen LogP contribution is -2.47. The minimum atomic E-state index is -2.67. The number of nitrogens with two attached hydrogens (primary N) is 2. The zero-order chi connectivity index (χ0) is 35.7. The summed E-state index contributed by atoms with van der Waals surface area (Å²) in [6.45, 7) is 0.276. The quantitative estimate of drug-likeness (QED) is 0.0705.